The number of esters is 2. The summed E-state index contributed by atoms with van der Waals surface area (Å²) in [5.41, 5.74) is -0.254. The molecular formula is C9H14O4. The summed E-state index contributed by atoms with van der Waals surface area (Å²) in [4.78, 5) is 21.9. The topological polar surface area (TPSA) is 52.6 Å². The zero-order valence-corrected chi connectivity index (χ0v) is 7.96. The maximum Gasteiger partial charge on any atom is 0.344 e. The van der Waals surface area contributed by atoms with Crippen LogP contribution < -0.4 is 0 Å². The lowest BCUT2D eigenvalue weighted by molar-refractivity contribution is -0.146. The predicted molar refractivity (Wildman–Crippen MR) is 47.0 cm³/mol. The van der Waals surface area contributed by atoms with E-state index in [1.807, 2.05) is 6.92 Å². The molecule has 0 radical (unpaired) electrons. The van der Waals surface area contributed by atoms with Gasteiger partial charge in [0.1, 0.15) is 5.57 Å². The Hall–Kier alpha value is -1.32. The molecule has 0 aromatic carbocycles. The summed E-state index contributed by atoms with van der Waals surface area (Å²) < 4.78 is 9.25. The standard InChI is InChI=1S/C9H14O4/c1-4-6-13-9(11)7(3)8(10)12-5-2/h3-6H2,1-2H3. The van der Waals surface area contributed by atoms with Crippen LogP contribution in [0.3, 0.4) is 0 Å². The highest BCUT2D eigenvalue weighted by atomic mass is 16.6. The molecule has 0 aliphatic carbocycles. The molecule has 0 atom stereocenters. The predicted octanol–water partition coefficient (Wildman–Crippen LogP) is 1.06. The molecule has 0 bridgehead atoms. The Morgan fingerprint density at radius 2 is 1.69 bits per heavy atom. The van der Waals surface area contributed by atoms with Crippen LogP contribution in [-0.2, 0) is 19.1 Å². The third-order valence-electron chi connectivity index (χ3n) is 1.21. The largest absolute Gasteiger partial charge is 0.462 e. The van der Waals surface area contributed by atoms with Gasteiger partial charge >= 0.3 is 11.9 Å². The van der Waals surface area contributed by atoms with Crippen LogP contribution in [0.4, 0.5) is 0 Å². The van der Waals surface area contributed by atoms with Crippen LogP contribution in [0.15, 0.2) is 12.2 Å². The van der Waals surface area contributed by atoms with Crippen molar-refractivity contribution in [2.24, 2.45) is 0 Å². The van der Waals surface area contributed by atoms with E-state index in [0.29, 0.717) is 6.42 Å². The number of hydrogen-bond acceptors (Lipinski definition) is 4. The number of ether oxygens (including phenoxy) is 2. The molecule has 4 heteroatoms. The minimum Gasteiger partial charge on any atom is -0.462 e. The van der Waals surface area contributed by atoms with Crippen molar-refractivity contribution >= 4 is 11.9 Å². The molecule has 0 fully saturated rings. The van der Waals surface area contributed by atoms with Crippen molar-refractivity contribution in [2.45, 2.75) is 20.3 Å². The van der Waals surface area contributed by atoms with Crippen LogP contribution in [0.2, 0.25) is 0 Å². The van der Waals surface area contributed by atoms with E-state index >= 15 is 0 Å². The summed E-state index contributed by atoms with van der Waals surface area (Å²) in [5.74, 6) is -1.43. The quantitative estimate of drug-likeness (QED) is 0.279. The molecule has 0 unspecified atom stereocenters. The second kappa shape index (κ2) is 6.22. The molecule has 0 aliphatic rings. The van der Waals surface area contributed by atoms with Gasteiger partial charge in [-0.2, -0.15) is 0 Å². The minimum atomic E-state index is -0.719. The van der Waals surface area contributed by atoms with Crippen molar-refractivity contribution in [2.75, 3.05) is 13.2 Å². The molecule has 0 N–H and O–H groups in total. The fraction of sp³-hybridized carbons (Fsp3) is 0.556. The first-order valence-corrected chi connectivity index (χ1v) is 4.16. The maximum atomic E-state index is 11.0. The number of hydrogen-bond donors (Lipinski definition) is 0. The van der Waals surface area contributed by atoms with E-state index in [2.05, 4.69) is 16.1 Å². The van der Waals surface area contributed by atoms with Gasteiger partial charge in [0.25, 0.3) is 0 Å². The first kappa shape index (κ1) is 11.7. The molecule has 74 valence electrons. The summed E-state index contributed by atoms with van der Waals surface area (Å²) in [6.45, 7) is 7.30. The molecule has 13 heavy (non-hydrogen) atoms. The Morgan fingerprint density at radius 3 is 2.15 bits per heavy atom. The van der Waals surface area contributed by atoms with E-state index in [1.165, 1.54) is 0 Å². The lowest BCUT2D eigenvalue weighted by Gasteiger charge is -2.04. The summed E-state index contributed by atoms with van der Waals surface area (Å²) in [6.07, 6.45) is 0.710. The van der Waals surface area contributed by atoms with Crippen LogP contribution >= 0.6 is 0 Å². The van der Waals surface area contributed by atoms with Crippen molar-refractivity contribution < 1.29 is 19.1 Å². The molecule has 0 rings (SSSR count). The molecule has 0 amide bonds. The smallest absolute Gasteiger partial charge is 0.344 e. The fourth-order valence-electron chi connectivity index (χ4n) is 0.583. The number of carbonyl (C=O) groups excluding carboxylic acids is 2. The van der Waals surface area contributed by atoms with Gasteiger partial charge in [-0.3, -0.25) is 0 Å². The molecular weight excluding hydrogens is 172 g/mol. The first-order valence-electron chi connectivity index (χ1n) is 4.16. The third-order valence-corrected chi connectivity index (χ3v) is 1.21. The van der Waals surface area contributed by atoms with Gasteiger partial charge in [0.15, 0.2) is 0 Å². The highest BCUT2D eigenvalue weighted by Gasteiger charge is 2.17. The average molecular weight is 186 g/mol. The van der Waals surface area contributed by atoms with Gasteiger partial charge in [-0.1, -0.05) is 13.5 Å². The normalized spacial score (nSPS) is 9.08. The SMILES string of the molecule is C=C(C(=O)OCC)C(=O)OCCC. The Morgan fingerprint density at radius 1 is 1.15 bits per heavy atom. The lowest BCUT2D eigenvalue weighted by atomic mass is 10.3. The van der Waals surface area contributed by atoms with Gasteiger partial charge in [-0.15, -0.1) is 0 Å². The van der Waals surface area contributed by atoms with Crippen molar-refractivity contribution in [1.82, 2.24) is 0 Å². The number of rotatable bonds is 5. The van der Waals surface area contributed by atoms with E-state index in [1.54, 1.807) is 6.92 Å². The molecule has 0 aromatic rings. The van der Waals surface area contributed by atoms with Gasteiger partial charge in [0, 0.05) is 0 Å². The summed E-state index contributed by atoms with van der Waals surface area (Å²) >= 11 is 0. The molecule has 4 nitrogen and oxygen atoms in total. The van der Waals surface area contributed by atoms with Gasteiger partial charge in [0.2, 0.25) is 0 Å². The van der Waals surface area contributed by atoms with E-state index in [-0.39, 0.29) is 18.8 Å². The van der Waals surface area contributed by atoms with Gasteiger partial charge in [-0.25, -0.2) is 9.59 Å². The highest BCUT2D eigenvalue weighted by molar-refractivity contribution is 6.13. The van der Waals surface area contributed by atoms with Crippen molar-refractivity contribution in [3.8, 4) is 0 Å². The maximum absolute atomic E-state index is 11.0. The van der Waals surface area contributed by atoms with Crippen LogP contribution in [0.1, 0.15) is 20.3 Å². The van der Waals surface area contributed by atoms with E-state index < -0.39 is 11.9 Å². The van der Waals surface area contributed by atoms with Crippen LogP contribution in [-0.4, -0.2) is 25.2 Å². The van der Waals surface area contributed by atoms with E-state index in [9.17, 15) is 9.59 Å². The average Bonchev–Trinajstić information content (AvgIpc) is 2.13. The molecule has 0 spiro atoms. The van der Waals surface area contributed by atoms with Crippen molar-refractivity contribution in [1.29, 1.82) is 0 Å². The van der Waals surface area contributed by atoms with Crippen LogP contribution in [0, 0.1) is 0 Å². The van der Waals surface area contributed by atoms with E-state index in [4.69, 9.17) is 0 Å². The van der Waals surface area contributed by atoms with Crippen molar-refractivity contribution in [3.63, 3.8) is 0 Å². The Labute approximate surface area is 77.5 Å². The highest BCUT2D eigenvalue weighted by Crippen LogP contribution is 1.98. The summed E-state index contributed by atoms with van der Waals surface area (Å²) in [5, 5.41) is 0. The Bertz CT molecular complexity index is 208. The fourth-order valence-corrected chi connectivity index (χ4v) is 0.583. The van der Waals surface area contributed by atoms with Gasteiger partial charge < -0.3 is 9.47 Å². The second-order valence-corrected chi connectivity index (χ2v) is 2.33. The molecule has 0 saturated heterocycles. The minimum absolute atomic E-state index is 0.221. The second-order valence-electron chi connectivity index (χ2n) is 2.33. The zero-order valence-electron chi connectivity index (χ0n) is 7.96. The van der Waals surface area contributed by atoms with E-state index in [0.717, 1.165) is 0 Å². The Balaban J connectivity index is 3.95. The summed E-state index contributed by atoms with van der Waals surface area (Å²) in [6, 6.07) is 0. The Kier molecular flexibility index (Phi) is 5.59. The molecule has 0 aliphatic heterocycles. The molecule has 0 saturated carbocycles. The van der Waals surface area contributed by atoms with Gasteiger partial charge in [0.05, 0.1) is 13.2 Å². The monoisotopic (exact) mass is 186 g/mol. The lowest BCUT2D eigenvalue weighted by Crippen LogP contribution is -2.17. The molecule has 0 aromatic heterocycles. The third kappa shape index (κ3) is 4.30. The van der Waals surface area contributed by atoms with Crippen molar-refractivity contribution in [3.05, 3.63) is 12.2 Å². The van der Waals surface area contributed by atoms with Crippen LogP contribution in [0.5, 0.6) is 0 Å². The number of carbonyl (C=O) groups is 2. The first-order chi connectivity index (χ1) is 6.13. The summed E-state index contributed by atoms with van der Waals surface area (Å²) in [7, 11) is 0. The molecule has 0 heterocycles. The van der Waals surface area contributed by atoms with Gasteiger partial charge in [-0.05, 0) is 13.3 Å². The zero-order chi connectivity index (χ0) is 10.3. The van der Waals surface area contributed by atoms with Crippen LogP contribution in [0.25, 0.3) is 0 Å².